The molecular weight excluding hydrogens is 392 g/mol. The lowest BCUT2D eigenvalue weighted by Gasteiger charge is -2.28. The molecule has 2 aromatic carbocycles. The van der Waals surface area contributed by atoms with E-state index in [0.717, 1.165) is 23.1 Å². The molecule has 0 bridgehead atoms. The summed E-state index contributed by atoms with van der Waals surface area (Å²) < 4.78 is 12.3. The molecule has 4 heteroatoms. The molecule has 26 heavy (non-hydrogen) atoms. The molecule has 0 aromatic heterocycles. The van der Waals surface area contributed by atoms with Crippen molar-refractivity contribution in [3.8, 4) is 5.75 Å². The maximum Gasteiger partial charge on any atom is 0.306 e. The SMILES string of the molecule is COC(=O)CC(c1ccc2c(c1)OC(c1ccc(Br)cc1)CC2)C1CC1. The molecule has 1 aliphatic carbocycles. The van der Waals surface area contributed by atoms with Crippen molar-refractivity contribution in [3.05, 3.63) is 63.6 Å². The van der Waals surface area contributed by atoms with Gasteiger partial charge in [-0.3, -0.25) is 4.79 Å². The first-order valence-corrected chi connectivity index (χ1v) is 10.0. The minimum Gasteiger partial charge on any atom is -0.485 e. The monoisotopic (exact) mass is 414 g/mol. The number of hydrogen-bond donors (Lipinski definition) is 0. The van der Waals surface area contributed by atoms with Gasteiger partial charge >= 0.3 is 5.97 Å². The van der Waals surface area contributed by atoms with Gasteiger partial charge in [-0.1, -0.05) is 40.2 Å². The highest BCUT2D eigenvalue weighted by Gasteiger charge is 2.34. The summed E-state index contributed by atoms with van der Waals surface area (Å²) in [6, 6.07) is 14.9. The van der Waals surface area contributed by atoms with E-state index in [0.29, 0.717) is 12.3 Å². The van der Waals surface area contributed by atoms with Crippen LogP contribution < -0.4 is 4.74 Å². The van der Waals surface area contributed by atoms with Crippen LogP contribution in [-0.2, 0) is 16.0 Å². The van der Waals surface area contributed by atoms with Crippen LogP contribution in [0.3, 0.4) is 0 Å². The third-order valence-electron chi connectivity index (χ3n) is 5.51. The molecule has 1 heterocycles. The molecule has 2 unspecified atom stereocenters. The van der Waals surface area contributed by atoms with Crippen molar-refractivity contribution in [2.45, 2.75) is 44.1 Å². The first kappa shape index (κ1) is 17.6. The van der Waals surface area contributed by atoms with E-state index in [9.17, 15) is 4.79 Å². The van der Waals surface area contributed by atoms with Crippen molar-refractivity contribution in [2.75, 3.05) is 7.11 Å². The van der Waals surface area contributed by atoms with Crippen LogP contribution in [0, 0.1) is 5.92 Å². The van der Waals surface area contributed by atoms with E-state index in [4.69, 9.17) is 9.47 Å². The van der Waals surface area contributed by atoms with E-state index in [1.165, 1.54) is 36.6 Å². The lowest BCUT2D eigenvalue weighted by Crippen LogP contribution is -2.16. The topological polar surface area (TPSA) is 35.5 Å². The summed E-state index contributed by atoms with van der Waals surface area (Å²) in [4.78, 5) is 11.8. The number of aryl methyl sites for hydroxylation is 1. The van der Waals surface area contributed by atoms with Gasteiger partial charge in [0.1, 0.15) is 11.9 Å². The zero-order valence-electron chi connectivity index (χ0n) is 14.9. The average molecular weight is 415 g/mol. The minimum absolute atomic E-state index is 0.0887. The number of benzene rings is 2. The van der Waals surface area contributed by atoms with Crippen molar-refractivity contribution in [2.24, 2.45) is 5.92 Å². The van der Waals surface area contributed by atoms with Crippen LogP contribution in [0.4, 0.5) is 0 Å². The van der Waals surface area contributed by atoms with Crippen molar-refractivity contribution in [3.63, 3.8) is 0 Å². The van der Waals surface area contributed by atoms with Gasteiger partial charge in [-0.15, -0.1) is 0 Å². The van der Waals surface area contributed by atoms with E-state index in [2.05, 4.69) is 58.4 Å². The predicted molar refractivity (Wildman–Crippen MR) is 104 cm³/mol. The van der Waals surface area contributed by atoms with Gasteiger partial charge in [-0.2, -0.15) is 0 Å². The standard InChI is InChI=1S/C22H23BrO3/c1-25-22(24)13-19(14-2-3-14)17-5-4-16-8-11-20(26-21(16)12-17)15-6-9-18(23)10-7-15/h4-7,9-10,12,14,19-20H,2-3,8,11,13H2,1H3. The third-order valence-corrected chi connectivity index (χ3v) is 6.04. The molecule has 2 aliphatic rings. The number of hydrogen-bond acceptors (Lipinski definition) is 3. The number of esters is 1. The largest absolute Gasteiger partial charge is 0.485 e. The van der Waals surface area contributed by atoms with Gasteiger partial charge in [0.25, 0.3) is 0 Å². The molecule has 4 rings (SSSR count). The number of halogens is 1. The van der Waals surface area contributed by atoms with E-state index < -0.39 is 0 Å². The fourth-order valence-electron chi connectivity index (χ4n) is 3.85. The molecule has 1 saturated carbocycles. The Hall–Kier alpha value is -1.81. The van der Waals surface area contributed by atoms with Gasteiger partial charge in [0.05, 0.1) is 13.5 Å². The first-order valence-electron chi connectivity index (χ1n) is 9.26. The highest BCUT2D eigenvalue weighted by molar-refractivity contribution is 9.10. The number of ether oxygens (including phenoxy) is 2. The zero-order chi connectivity index (χ0) is 18.1. The average Bonchev–Trinajstić information content (AvgIpc) is 3.50. The van der Waals surface area contributed by atoms with Gasteiger partial charge in [0.15, 0.2) is 0 Å². The van der Waals surface area contributed by atoms with Crippen molar-refractivity contribution in [1.82, 2.24) is 0 Å². The number of methoxy groups -OCH3 is 1. The predicted octanol–water partition coefficient (Wildman–Crippen LogP) is 5.57. The van der Waals surface area contributed by atoms with Crippen LogP contribution in [0.25, 0.3) is 0 Å². The normalized spacial score (nSPS) is 20.0. The van der Waals surface area contributed by atoms with Crippen LogP contribution >= 0.6 is 15.9 Å². The van der Waals surface area contributed by atoms with Gasteiger partial charge in [0.2, 0.25) is 0 Å². The Bertz CT molecular complexity index is 796. The zero-order valence-corrected chi connectivity index (χ0v) is 16.5. The molecule has 1 fully saturated rings. The first-order chi connectivity index (χ1) is 12.6. The number of carbonyl (C=O) groups is 1. The summed E-state index contributed by atoms with van der Waals surface area (Å²) in [5.74, 6) is 1.67. The summed E-state index contributed by atoms with van der Waals surface area (Å²) >= 11 is 3.49. The Balaban J connectivity index is 1.57. The molecule has 2 aromatic rings. The summed E-state index contributed by atoms with van der Waals surface area (Å²) in [6.45, 7) is 0. The van der Waals surface area contributed by atoms with E-state index in [-0.39, 0.29) is 18.0 Å². The summed E-state index contributed by atoms with van der Waals surface area (Å²) in [5.41, 5.74) is 3.67. The summed E-state index contributed by atoms with van der Waals surface area (Å²) in [5, 5.41) is 0. The van der Waals surface area contributed by atoms with Crippen LogP contribution in [0.5, 0.6) is 5.75 Å². The maximum atomic E-state index is 11.8. The van der Waals surface area contributed by atoms with Crippen LogP contribution in [0.1, 0.15) is 54.4 Å². The Morgan fingerprint density at radius 1 is 1.19 bits per heavy atom. The van der Waals surface area contributed by atoms with E-state index in [1.54, 1.807) is 0 Å². The molecule has 0 radical (unpaired) electrons. The summed E-state index contributed by atoms with van der Waals surface area (Å²) in [7, 11) is 1.46. The van der Waals surface area contributed by atoms with Crippen LogP contribution in [-0.4, -0.2) is 13.1 Å². The molecule has 0 N–H and O–H groups in total. The molecule has 136 valence electrons. The Labute approximate surface area is 162 Å². The fraction of sp³-hybridized carbons (Fsp3) is 0.409. The Kier molecular flexibility index (Phi) is 5.03. The van der Waals surface area contributed by atoms with Gasteiger partial charge in [0, 0.05) is 4.47 Å². The number of carbonyl (C=O) groups excluding carboxylic acids is 1. The number of fused-ring (bicyclic) bond motifs is 1. The van der Waals surface area contributed by atoms with Gasteiger partial charge in [-0.25, -0.2) is 0 Å². The Morgan fingerprint density at radius 3 is 2.65 bits per heavy atom. The van der Waals surface area contributed by atoms with Gasteiger partial charge in [-0.05, 0) is 72.4 Å². The lowest BCUT2D eigenvalue weighted by molar-refractivity contribution is -0.141. The molecule has 1 aliphatic heterocycles. The van der Waals surface area contributed by atoms with Crippen LogP contribution in [0.2, 0.25) is 0 Å². The van der Waals surface area contributed by atoms with Gasteiger partial charge < -0.3 is 9.47 Å². The molecule has 0 saturated heterocycles. The fourth-order valence-corrected chi connectivity index (χ4v) is 4.11. The van der Waals surface area contributed by atoms with E-state index in [1.807, 2.05) is 0 Å². The third kappa shape index (κ3) is 3.80. The molecule has 0 spiro atoms. The lowest BCUT2D eigenvalue weighted by atomic mass is 9.88. The minimum atomic E-state index is -0.131. The van der Waals surface area contributed by atoms with E-state index >= 15 is 0 Å². The maximum absolute atomic E-state index is 11.8. The molecule has 0 amide bonds. The molecule has 3 nitrogen and oxygen atoms in total. The Morgan fingerprint density at radius 2 is 1.96 bits per heavy atom. The smallest absolute Gasteiger partial charge is 0.306 e. The van der Waals surface area contributed by atoms with Crippen LogP contribution in [0.15, 0.2) is 46.9 Å². The second kappa shape index (κ2) is 7.43. The second-order valence-corrected chi connectivity index (χ2v) is 8.20. The van der Waals surface area contributed by atoms with Crippen molar-refractivity contribution < 1.29 is 14.3 Å². The highest BCUT2D eigenvalue weighted by Crippen LogP contribution is 2.46. The van der Waals surface area contributed by atoms with Crippen molar-refractivity contribution >= 4 is 21.9 Å². The molecular formula is C22H23BrO3. The molecule has 2 atom stereocenters. The quantitative estimate of drug-likeness (QED) is 0.599. The number of rotatable bonds is 5. The highest BCUT2D eigenvalue weighted by atomic mass is 79.9. The van der Waals surface area contributed by atoms with Crippen molar-refractivity contribution in [1.29, 1.82) is 0 Å². The summed E-state index contributed by atoms with van der Waals surface area (Å²) in [6.07, 6.45) is 4.94. The second-order valence-electron chi connectivity index (χ2n) is 7.29.